The van der Waals surface area contributed by atoms with Crippen LogP contribution in [0.25, 0.3) is 0 Å². The first kappa shape index (κ1) is 25.9. The van der Waals surface area contributed by atoms with Gasteiger partial charge in [0.1, 0.15) is 12.4 Å². The number of amides is 2. The van der Waals surface area contributed by atoms with Crippen LogP contribution in [0.3, 0.4) is 0 Å². The third kappa shape index (κ3) is 7.42. The summed E-state index contributed by atoms with van der Waals surface area (Å²) in [6, 6.07) is 18.3. The van der Waals surface area contributed by atoms with Gasteiger partial charge >= 0.3 is 0 Å². The van der Waals surface area contributed by atoms with E-state index in [1.54, 1.807) is 7.11 Å². The fraction of sp³-hybridized carbons (Fsp3) is 0.448. The van der Waals surface area contributed by atoms with Crippen LogP contribution in [0.2, 0.25) is 0 Å². The van der Waals surface area contributed by atoms with E-state index in [0.29, 0.717) is 58.9 Å². The minimum Gasteiger partial charge on any atom is -0.489 e. The van der Waals surface area contributed by atoms with Gasteiger partial charge in [-0.15, -0.1) is 0 Å². The molecule has 0 saturated carbocycles. The van der Waals surface area contributed by atoms with E-state index in [1.807, 2.05) is 47.4 Å². The summed E-state index contributed by atoms with van der Waals surface area (Å²) in [5.74, 6) is 1.30. The van der Waals surface area contributed by atoms with Crippen molar-refractivity contribution in [1.82, 2.24) is 15.1 Å². The predicted octanol–water partition coefficient (Wildman–Crippen LogP) is 3.25. The number of para-hydroxylation sites is 1. The number of carbonyl (C=O) groups is 2. The van der Waals surface area contributed by atoms with Crippen molar-refractivity contribution in [3.8, 4) is 5.75 Å². The molecule has 1 saturated heterocycles. The van der Waals surface area contributed by atoms with Crippen molar-refractivity contribution in [3.63, 3.8) is 0 Å². The van der Waals surface area contributed by atoms with E-state index in [0.717, 1.165) is 17.7 Å². The van der Waals surface area contributed by atoms with Gasteiger partial charge in [0.15, 0.2) is 0 Å². The molecule has 2 aromatic rings. The van der Waals surface area contributed by atoms with Crippen LogP contribution in [0.15, 0.2) is 66.7 Å². The van der Waals surface area contributed by atoms with E-state index in [9.17, 15) is 9.59 Å². The van der Waals surface area contributed by atoms with Gasteiger partial charge < -0.3 is 19.7 Å². The number of hydrogen-bond acceptors (Lipinski definition) is 5. The van der Waals surface area contributed by atoms with Crippen LogP contribution < -0.4 is 10.1 Å². The van der Waals surface area contributed by atoms with Crippen LogP contribution in [-0.2, 0) is 27.4 Å². The van der Waals surface area contributed by atoms with E-state index in [1.165, 1.54) is 5.56 Å². The van der Waals surface area contributed by atoms with E-state index < -0.39 is 0 Å². The van der Waals surface area contributed by atoms with Gasteiger partial charge in [0.25, 0.3) is 0 Å². The van der Waals surface area contributed by atoms with Crippen LogP contribution >= 0.6 is 0 Å². The average molecular weight is 492 g/mol. The standard InChI is InChI=1S/C29H37N3O4/c1-35-17-14-30-28(33)18-24-13-15-32-21-25(24)11-7-16-36-27-12-6-5-10-26(27)20-31(22-29(32)34)19-23-8-3-2-4-9-23/h2-12,24-25H,13-22H2,1H3,(H,30,33)/b11-7+/t24-,25-/m0/s1. The molecule has 2 aliphatic heterocycles. The number of nitrogens with zero attached hydrogens (tertiary/aromatic N) is 2. The summed E-state index contributed by atoms with van der Waals surface area (Å²) in [6.45, 7) is 4.40. The summed E-state index contributed by atoms with van der Waals surface area (Å²) in [7, 11) is 1.62. The predicted molar refractivity (Wildman–Crippen MR) is 139 cm³/mol. The third-order valence-electron chi connectivity index (χ3n) is 6.93. The van der Waals surface area contributed by atoms with Gasteiger partial charge in [0.05, 0.1) is 13.2 Å². The molecule has 36 heavy (non-hydrogen) atoms. The lowest BCUT2D eigenvalue weighted by Gasteiger charge is -2.38. The number of ether oxygens (including phenoxy) is 2. The Morgan fingerprint density at radius 3 is 2.75 bits per heavy atom. The zero-order chi connectivity index (χ0) is 25.2. The summed E-state index contributed by atoms with van der Waals surface area (Å²) in [6.07, 6.45) is 5.42. The number of hydrogen-bond donors (Lipinski definition) is 1. The fourth-order valence-electron chi connectivity index (χ4n) is 5.02. The molecule has 2 bridgehead atoms. The van der Waals surface area contributed by atoms with Crippen LogP contribution in [0.1, 0.15) is 24.0 Å². The second-order valence-electron chi connectivity index (χ2n) is 9.58. The molecule has 0 unspecified atom stereocenters. The molecule has 0 aliphatic carbocycles. The Labute approximate surface area is 214 Å². The molecule has 0 aromatic heterocycles. The van der Waals surface area contributed by atoms with Gasteiger partial charge in [-0.2, -0.15) is 0 Å². The highest BCUT2D eigenvalue weighted by molar-refractivity contribution is 5.79. The SMILES string of the molecule is COCCNC(=O)C[C@@H]1CCN2C[C@@H]1/C=C/COc1ccccc1CN(Cc1ccccc1)CC2=O. The minimum atomic E-state index is 0.0346. The van der Waals surface area contributed by atoms with Crippen LogP contribution in [0, 0.1) is 11.8 Å². The molecule has 7 heteroatoms. The third-order valence-corrected chi connectivity index (χ3v) is 6.93. The summed E-state index contributed by atoms with van der Waals surface area (Å²) in [5.41, 5.74) is 2.24. The summed E-state index contributed by atoms with van der Waals surface area (Å²) >= 11 is 0. The Balaban J connectivity index is 1.52. The topological polar surface area (TPSA) is 71.1 Å². The number of benzene rings is 2. The molecule has 7 nitrogen and oxygen atoms in total. The molecule has 1 N–H and O–H groups in total. The summed E-state index contributed by atoms with van der Waals surface area (Å²) < 4.78 is 11.2. The minimum absolute atomic E-state index is 0.0346. The van der Waals surface area contributed by atoms with E-state index in [2.05, 4.69) is 34.5 Å². The molecule has 1 fully saturated rings. The van der Waals surface area contributed by atoms with Gasteiger partial charge in [-0.05, 0) is 29.9 Å². The Bertz CT molecular complexity index is 1030. The van der Waals surface area contributed by atoms with Crippen molar-refractivity contribution in [2.75, 3.05) is 46.5 Å². The highest BCUT2D eigenvalue weighted by atomic mass is 16.5. The zero-order valence-electron chi connectivity index (χ0n) is 21.1. The summed E-state index contributed by atoms with van der Waals surface area (Å²) in [4.78, 5) is 30.1. The smallest absolute Gasteiger partial charge is 0.236 e. The number of methoxy groups -OCH3 is 1. The van der Waals surface area contributed by atoms with E-state index in [-0.39, 0.29) is 23.7 Å². The molecule has 2 atom stereocenters. The maximum Gasteiger partial charge on any atom is 0.236 e. The number of rotatable bonds is 7. The summed E-state index contributed by atoms with van der Waals surface area (Å²) in [5, 5.41) is 2.93. The molecule has 2 heterocycles. The number of nitrogens with one attached hydrogen (secondary N) is 1. The first-order valence-electron chi connectivity index (χ1n) is 12.8. The normalized spacial score (nSPS) is 21.8. The lowest BCUT2D eigenvalue weighted by atomic mass is 9.82. The van der Waals surface area contributed by atoms with Crippen molar-refractivity contribution in [1.29, 1.82) is 0 Å². The first-order chi connectivity index (χ1) is 17.6. The van der Waals surface area contributed by atoms with Gasteiger partial charge in [0.2, 0.25) is 11.8 Å². The van der Waals surface area contributed by atoms with Gasteiger partial charge in [-0.25, -0.2) is 0 Å². The second kappa shape index (κ2) is 13.2. The Hall–Kier alpha value is -3.16. The molecule has 2 aliphatic rings. The number of piperidine rings is 1. The van der Waals surface area contributed by atoms with E-state index in [4.69, 9.17) is 9.47 Å². The van der Waals surface area contributed by atoms with Crippen molar-refractivity contribution >= 4 is 11.8 Å². The van der Waals surface area contributed by atoms with Crippen LogP contribution in [-0.4, -0.2) is 68.1 Å². The monoisotopic (exact) mass is 491 g/mol. The Kier molecular flexibility index (Phi) is 9.53. The largest absolute Gasteiger partial charge is 0.489 e. The maximum atomic E-state index is 13.5. The highest BCUT2D eigenvalue weighted by Gasteiger charge is 2.32. The molecule has 0 spiro atoms. The molecular weight excluding hydrogens is 454 g/mol. The maximum absolute atomic E-state index is 13.5. The molecule has 192 valence electrons. The lowest BCUT2D eigenvalue weighted by molar-refractivity contribution is -0.135. The number of carbonyl (C=O) groups excluding carboxylic acids is 2. The first-order valence-corrected chi connectivity index (χ1v) is 12.8. The molecule has 2 amide bonds. The van der Waals surface area contributed by atoms with Crippen molar-refractivity contribution < 1.29 is 19.1 Å². The van der Waals surface area contributed by atoms with Crippen LogP contribution in [0.5, 0.6) is 5.75 Å². The second-order valence-corrected chi connectivity index (χ2v) is 9.58. The molecule has 4 rings (SSSR count). The van der Waals surface area contributed by atoms with Crippen molar-refractivity contribution in [2.45, 2.75) is 25.9 Å². The van der Waals surface area contributed by atoms with Crippen molar-refractivity contribution in [3.05, 3.63) is 77.9 Å². The van der Waals surface area contributed by atoms with E-state index >= 15 is 0 Å². The molecular formula is C29H37N3O4. The quantitative estimate of drug-likeness (QED) is 0.476. The van der Waals surface area contributed by atoms with Gasteiger partial charge in [-0.3, -0.25) is 14.5 Å². The lowest BCUT2D eigenvalue weighted by Crippen LogP contribution is -2.47. The Morgan fingerprint density at radius 2 is 1.92 bits per heavy atom. The Morgan fingerprint density at radius 1 is 1.11 bits per heavy atom. The van der Waals surface area contributed by atoms with Gasteiger partial charge in [0, 0.05) is 51.8 Å². The average Bonchev–Trinajstić information content (AvgIpc) is 2.89. The zero-order valence-corrected chi connectivity index (χ0v) is 21.1. The van der Waals surface area contributed by atoms with Crippen molar-refractivity contribution in [2.24, 2.45) is 11.8 Å². The highest BCUT2D eigenvalue weighted by Crippen LogP contribution is 2.29. The molecule has 2 aromatic carbocycles. The molecule has 0 radical (unpaired) electrons. The number of fused-ring (bicyclic) bond motifs is 3. The van der Waals surface area contributed by atoms with Crippen LogP contribution in [0.4, 0.5) is 0 Å². The van der Waals surface area contributed by atoms with Gasteiger partial charge in [-0.1, -0.05) is 60.7 Å². The fourth-order valence-corrected chi connectivity index (χ4v) is 5.02.